The molecular formula is C73H133NO21. The van der Waals surface area contributed by atoms with Crippen LogP contribution < -0.4 is 0 Å². The number of carbonyl (C=O) groups is 1. The summed E-state index contributed by atoms with van der Waals surface area (Å²) in [5.41, 5.74) is 1.12. The summed E-state index contributed by atoms with van der Waals surface area (Å²) in [6.45, 7) is 19.6. The van der Waals surface area contributed by atoms with Crippen LogP contribution in [0.3, 0.4) is 0 Å². The summed E-state index contributed by atoms with van der Waals surface area (Å²) >= 11 is 0. The lowest BCUT2D eigenvalue weighted by molar-refractivity contribution is -0.351. The van der Waals surface area contributed by atoms with E-state index in [-0.39, 0.29) is 76.0 Å². The van der Waals surface area contributed by atoms with Crippen molar-refractivity contribution in [2.45, 2.75) is 352 Å². The highest BCUT2D eigenvalue weighted by Crippen LogP contribution is 2.42. The van der Waals surface area contributed by atoms with E-state index in [1.54, 1.807) is 92.6 Å². The second kappa shape index (κ2) is 43.4. The molecule has 95 heavy (non-hydrogen) atoms. The zero-order valence-electron chi connectivity index (χ0n) is 59.8. The third kappa shape index (κ3) is 30.4. The second-order valence-corrected chi connectivity index (χ2v) is 29.8. The number of nitrogens with zero attached hydrogens (tertiary/aromatic N) is 1. The standard InChI is InChI=1S/C73H133NO21/c1-42(2)21-14-16-23-52-35-45(5)64(86)38-55(77)26-19-29-59(81)47(7)58(80)27-17-15-22-44(4)69(88)49(9)65-40-66(94-72-71(90)68(74(12)13)70(89)51(11)93-72)50(10)73(91,95-65)41-67(87)92-46(6)32-33-56(78)36-53(75)24-18-28-60(82)48(8)61(83)34-31-43(3)63(85)39-57(79)37-54(76)25-20-30-62(52)84/h15,17,22,32-33,35,42-43,46-66,68-72,75-86,88-91H,14,16,18-21,23-31,34,36-41H2,1-13H3/b17-15-,33-32-,44-22-,45-35-/t43-,46+,47-,48-,49+,50+,51+,52+,53-,54+,55+,56-,57-,58+,59+,60-,61+,62-,63+,64-,65+,66+,68-,69+,70+,71+,72-,73+/m0/s1. The molecule has 0 spiro atoms. The van der Waals surface area contributed by atoms with Gasteiger partial charge < -0.3 is 106 Å². The third-order valence-electron chi connectivity index (χ3n) is 20.8. The number of likely N-dealkylation sites (N-methyl/N-ethyl adjacent to an activating group) is 1. The molecule has 3 rings (SSSR count). The van der Waals surface area contributed by atoms with E-state index in [9.17, 15) is 86.5 Å². The number of unbranched alkanes of at least 4 members (excludes halogenated alkanes) is 1. The summed E-state index contributed by atoms with van der Waals surface area (Å²) in [5, 5.41) is 179. The van der Waals surface area contributed by atoms with Gasteiger partial charge in [0.2, 0.25) is 0 Å². The van der Waals surface area contributed by atoms with Gasteiger partial charge in [-0.3, -0.25) is 4.79 Å². The van der Waals surface area contributed by atoms with Gasteiger partial charge in [-0.25, -0.2) is 0 Å². The number of hydrogen-bond acceptors (Lipinski definition) is 22. The molecule has 0 aromatic rings. The SMILES string of the molecule is C/C1=C/C=C\C[C@@H](O)[C@H](C)[C@H](O)CCC[C@@H](O)C[C@H](O)/C(C)=C\[C@@H](CCCCC(C)C)[C@@H](O)CCC[C@@H](O)C[C@H](O)C[C@@H](O)[C@@H](C)CC[C@@H](O)[C@@H](C)[C@@H](O)CCC[C@H](O)C[C@@H](O)/C=C\[C@@H](C)OC(=O)C[C@@]2(O)O[C@H](C[C@@H](O[C@@H]3O[C@H](C)[C@@H](O)[C@H](N(C)C)[C@H]3O)[C@H]2C)[C@@H](C)[C@@H]1O. The van der Waals surface area contributed by atoms with Gasteiger partial charge in [-0.05, 0) is 167 Å². The van der Waals surface area contributed by atoms with E-state index in [0.717, 1.165) is 19.3 Å². The first-order valence-electron chi connectivity index (χ1n) is 35.9. The van der Waals surface area contributed by atoms with E-state index >= 15 is 0 Å². The number of fused-ring (bicyclic) bond motifs is 2. The summed E-state index contributed by atoms with van der Waals surface area (Å²) in [4.78, 5) is 15.4. The van der Waals surface area contributed by atoms with Crippen molar-refractivity contribution in [3.8, 4) is 0 Å². The topological polar surface area (TPSA) is 381 Å². The average molecular weight is 1360 g/mol. The van der Waals surface area contributed by atoms with Gasteiger partial charge in [0.1, 0.15) is 12.2 Å². The quantitative estimate of drug-likeness (QED) is 0.0806. The summed E-state index contributed by atoms with van der Waals surface area (Å²) < 4.78 is 24.5. The molecule has 556 valence electrons. The van der Waals surface area contributed by atoms with E-state index < -0.39 is 170 Å². The fraction of sp³-hybridized carbons (Fsp3) is 0.877. The van der Waals surface area contributed by atoms with Crippen LogP contribution >= 0.6 is 0 Å². The first-order valence-corrected chi connectivity index (χ1v) is 35.9. The van der Waals surface area contributed by atoms with Crippen molar-refractivity contribution in [2.75, 3.05) is 14.1 Å². The number of carbonyl (C=O) groups excluding carboxylic acids is 1. The van der Waals surface area contributed by atoms with Crippen LogP contribution in [0, 0.1) is 41.4 Å². The first-order chi connectivity index (χ1) is 44.5. The van der Waals surface area contributed by atoms with Gasteiger partial charge in [-0.2, -0.15) is 0 Å². The largest absolute Gasteiger partial charge is 0.458 e. The van der Waals surface area contributed by atoms with E-state index in [0.29, 0.717) is 68.4 Å². The van der Waals surface area contributed by atoms with Crippen LogP contribution in [0.5, 0.6) is 0 Å². The molecule has 3 heterocycles. The summed E-state index contributed by atoms with van der Waals surface area (Å²) in [7, 11) is 3.41. The minimum atomic E-state index is -2.25. The number of ether oxygens (including phenoxy) is 4. The molecule has 2 bridgehead atoms. The molecule has 2 saturated heterocycles. The smallest absolute Gasteiger partial charge is 0.311 e. The number of hydrogen-bond donors (Lipinski definition) is 16. The van der Waals surface area contributed by atoms with Gasteiger partial charge in [-0.1, -0.05) is 98.1 Å². The number of cyclic esters (lactones) is 1. The van der Waals surface area contributed by atoms with Crippen LogP contribution in [0.2, 0.25) is 0 Å². The molecular weight excluding hydrogens is 1230 g/mol. The van der Waals surface area contributed by atoms with E-state index in [4.69, 9.17) is 18.9 Å². The Bertz CT molecular complexity index is 2240. The number of allylic oxidation sites excluding steroid dienone is 2. The van der Waals surface area contributed by atoms with Crippen molar-refractivity contribution in [3.05, 3.63) is 47.6 Å². The first kappa shape index (κ1) is 86.8. The molecule has 3 aliphatic heterocycles. The lowest BCUT2D eigenvalue weighted by atomic mass is 9.80. The lowest BCUT2D eigenvalue weighted by Gasteiger charge is -2.50. The Morgan fingerprint density at radius 2 is 1.18 bits per heavy atom. The summed E-state index contributed by atoms with van der Waals surface area (Å²) in [5.74, 6) is -5.97. The highest BCUT2D eigenvalue weighted by molar-refractivity contribution is 5.71. The molecule has 0 aromatic heterocycles. The number of aliphatic hydroxyl groups excluding tert-OH is 15. The van der Waals surface area contributed by atoms with Gasteiger partial charge in [-0.15, -0.1) is 0 Å². The van der Waals surface area contributed by atoms with E-state index in [1.165, 1.54) is 12.2 Å². The van der Waals surface area contributed by atoms with Crippen LogP contribution in [0.4, 0.5) is 0 Å². The van der Waals surface area contributed by atoms with Crippen molar-refractivity contribution in [2.24, 2.45) is 41.4 Å². The maximum absolute atomic E-state index is 13.7. The van der Waals surface area contributed by atoms with Crippen LogP contribution in [0.15, 0.2) is 47.6 Å². The van der Waals surface area contributed by atoms with Gasteiger partial charge in [0.15, 0.2) is 12.1 Å². The zero-order chi connectivity index (χ0) is 71.6. The second-order valence-electron chi connectivity index (χ2n) is 29.8. The van der Waals surface area contributed by atoms with Crippen molar-refractivity contribution < 1.29 is 105 Å². The van der Waals surface area contributed by atoms with Gasteiger partial charge in [0.25, 0.3) is 0 Å². The van der Waals surface area contributed by atoms with E-state index in [2.05, 4.69) is 13.8 Å². The molecule has 22 heteroatoms. The predicted octanol–water partition coefficient (Wildman–Crippen LogP) is 5.53. The molecule has 0 aromatic carbocycles. The van der Waals surface area contributed by atoms with Crippen molar-refractivity contribution in [1.29, 1.82) is 0 Å². The highest BCUT2D eigenvalue weighted by Gasteiger charge is 2.53. The molecule has 0 saturated carbocycles. The molecule has 2 fully saturated rings. The Morgan fingerprint density at radius 3 is 1.78 bits per heavy atom. The predicted molar refractivity (Wildman–Crippen MR) is 364 cm³/mol. The van der Waals surface area contributed by atoms with Gasteiger partial charge in [0.05, 0.1) is 116 Å². The Hall–Kier alpha value is -2.37. The van der Waals surface area contributed by atoms with Crippen molar-refractivity contribution >= 4 is 5.97 Å². The number of esters is 1. The van der Waals surface area contributed by atoms with Crippen LogP contribution in [-0.4, -0.2) is 241 Å². The van der Waals surface area contributed by atoms with Crippen molar-refractivity contribution in [1.82, 2.24) is 4.90 Å². The molecule has 3 aliphatic rings. The molecule has 16 N–H and O–H groups in total. The zero-order valence-corrected chi connectivity index (χ0v) is 59.8. The van der Waals surface area contributed by atoms with Crippen LogP contribution in [0.25, 0.3) is 0 Å². The third-order valence-corrected chi connectivity index (χ3v) is 20.8. The summed E-state index contributed by atoms with van der Waals surface area (Å²) in [6, 6.07) is -0.776. The van der Waals surface area contributed by atoms with Crippen LogP contribution in [-0.2, 0) is 23.7 Å². The fourth-order valence-corrected chi connectivity index (χ4v) is 13.6. The molecule has 0 unspecified atom stereocenters. The Balaban J connectivity index is 1.84. The monoisotopic (exact) mass is 1360 g/mol. The molecule has 0 radical (unpaired) electrons. The minimum Gasteiger partial charge on any atom is -0.458 e. The van der Waals surface area contributed by atoms with E-state index in [1.807, 2.05) is 13.0 Å². The van der Waals surface area contributed by atoms with Crippen LogP contribution in [0.1, 0.15) is 217 Å². The Kier molecular flexibility index (Phi) is 39.7. The average Bonchev–Trinajstić information content (AvgIpc) is 0.779. The van der Waals surface area contributed by atoms with Gasteiger partial charge in [0, 0.05) is 48.9 Å². The highest BCUT2D eigenvalue weighted by atomic mass is 16.7. The minimum absolute atomic E-state index is 0.0120. The molecule has 22 nitrogen and oxygen atoms in total. The molecule has 0 amide bonds. The number of aliphatic hydroxyl groups is 16. The van der Waals surface area contributed by atoms with Gasteiger partial charge >= 0.3 is 5.97 Å². The Labute approximate surface area is 568 Å². The Morgan fingerprint density at radius 1 is 0.611 bits per heavy atom. The number of rotatable bonds is 8. The molecule has 28 atom stereocenters. The summed E-state index contributed by atoms with van der Waals surface area (Å²) in [6.07, 6.45) is -2.98. The maximum atomic E-state index is 13.7. The normalized spacial score (nSPS) is 44.0. The lowest BCUT2D eigenvalue weighted by Crippen LogP contribution is -2.64. The molecule has 0 aliphatic carbocycles. The fourth-order valence-electron chi connectivity index (χ4n) is 13.6. The maximum Gasteiger partial charge on any atom is 0.311 e. The van der Waals surface area contributed by atoms with Crippen molar-refractivity contribution in [3.63, 3.8) is 0 Å².